The van der Waals surface area contributed by atoms with Crippen LogP contribution in [0.3, 0.4) is 0 Å². The number of methoxy groups -OCH3 is 1. The Morgan fingerprint density at radius 2 is 1.96 bits per heavy atom. The Morgan fingerprint density at radius 1 is 1.24 bits per heavy atom. The Hall–Kier alpha value is -1.96. The molecule has 1 aromatic heterocycles. The van der Waals surface area contributed by atoms with Gasteiger partial charge in [0.2, 0.25) is 0 Å². The molecule has 0 fully saturated rings. The molecule has 0 aliphatic rings. The summed E-state index contributed by atoms with van der Waals surface area (Å²) in [4.78, 5) is 0. The van der Waals surface area contributed by atoms with Crippen molar-refractivity contribution in [2.24, 2.45) is 0 Å². The number of aromatic amines is 1. The van der Waals surface area contributed by atoms with Crippen molar-refractivity contribution in [1.82, 2.24) is 15.5 Å². The highest BCUT2D eigenvalue weighted by atomic mass is 32.1. The number of nitrogens with zero attached hydrogens (tertiary/aromatic N) is 1. The molecule has 3 N–H and O–H groups in total. The minimum atomic E-state index is -0.632. The van der Waals surface area contributed by atoms with Crippen molar-refractivity contribution in [3.8, 4) is 22.8 Å². The first-order valence-corrected chi connectivity index (χ1v) is 8.50. The van der Waals surface area contributed by atoms with E-state index in [4.69, 9.17) is 21.7 Å². The zero-order valence-electron chi connectivity index (χ0n) is 15.0. The molecule has 1 unspecified atom stereocenters. The number of aliphatic hydroxyl groups is 1. The summed E-state index contributed by atoms with van der Waals surface area (Å²) in [5, 5.41) is 20.4. The van der Waals surface area contributed by atoms with Crippen LogP contribution < -0.4 is 14.8 Å². The molecule has 25 heavy (non-hydrogen) atoms. The maximum absolute atomic E-state index is 10.1. The lowest BCUT2D eigenvalue weighted by atomic mass is 10.1. The van der Waals surface area contributed by atoms with Gasteiger partial charge in [-0.15, -0.1) is 0 Å². The van der Waals surface area contributed by atoms with Gasteiger partial charge in [-0.25, -0.2) is 0 Å². The van der Waals surface area contributed by atoms with Crippen LogP contribution in [0.5, 0.6) is 11.5 Å². The normalized spacial score (nSPS) is 12.7. The number of hydrogen-bond acceptors (Lipinski definition) is 6. The second-order valence-electron chi connectivity index (χ2n) is 6.74. The summed E-state index contributed by atoms with van der Waals surface area (Å²) in [7, 11) is 1.59. The van der Waals surface area contributed by atoms with Gasteiger partial charge in [-0.3, -0.25) is 5.10 Å². The van der Waals surface area contributed by atoms with E-state index in [1.54, 1.807) is 19.2 Å². The Bertz CT molecular complexity index is 735. The molecule has 1 aromatic carbocycles. The highest BCUT2D eigenvalue weighted by Gasteiger charge is 2.17. The molecule has 1 heterocycles. The molecule has 2 aromatic rings. The van der Waals surface area contributed by atoms with Crippen LogP contribution in [0.15, 0.2) is 30.3 Å². The predicted octanol–water partition coefficient (Wildman–Crippen LogP) is 2.94. The molecular weight excluding hydrogens is 338 g/mol. The van der Waals surface area contributed by atoms with Crippen molar-refractivity contribution in [3.63, 3.8) is 0 Å². The number of H-pyrrole nitrogens is 1. The van der Waals surface area contributed by atoms with E-state index < -0.39 is 6.10 Å². The Balaban J connectivity index is 2.18. The van der Waals surface area contributed by atoms with Crippen LogP contribution in [0.25, 0.3) is 11.3 Å². The number of hydrogen-bond donors (Lipinski definition) is 3. The average molecular weight is 363 g/mol. The molecule has 0 aliphatic carbocycles. The van der Waals surface area contributed by atoms with E-state index in [1.165, 1.54) is 0 Å². The fraction of sp³-hybridized carbons (Fsp3) is 0.444. The van der Waals surface area contributed by atoms with E-state index in [9.17, 15) is 5.11 Å². The van der Waals surface area contributed by atoms with E-state index in [0.717, 1.165) is 0 Å². The second-order valence-corrected chi connectivity index (χ2v) is 7.18. The number of aromatic nitrogens is 2. The first-order chi connectivity index (χ1) is 11.8. The summed E-state index contributed by atoms with van der Waals surface area (Å²) in [5.74, 6) is 1.23. The van der Waals surface area contributed by atoms with Gasteiger partial charge >= 0.3 is 0 Å². The Kier molecular flexibility index (Phi) is 6.52. The highest BCUT2D eigenvalue weighted by Crippen LogP contribution is 2.37. The Morgan fingerprint density at radius 3 is 2.56 bits per heavy atom. The lowest BCUT2D eigenvalue weighted by Crippen LogP contribution is -2.42. The number of aliphatic hydroxyl groups excluding tert-OH is 1. The number of ether oxygens (including phenoxy) is 2. The number of rotatable bonds is 7. The van der Waals surface area contributed by atoms with Gasteiger partial charge in [0.25, 0.3) is 0 Å². The van der Waals surface area contributed by atoms with Crippen molar-refractivity contribution in [2.45, 2.75) is 32.4 Å². The average Bonchev–Trinajstić information content (AvgIpc) is 2.58. The van der Waals surface area contributed by atoms with Crippen molar-refractivity contribution in [1.29, 1.82) is 0 Å². The third-order valence-electron chi connectivity index (χ3n) is 3.44. The van der Waals surface area contributed by atoms with Crippen molar-refractivity contribution >= 4 is 12.2 Å². The summed E-state index contributed by atoms with van der Waals surface area (Å²) < 4.78 is 11.8. The molecule has 2 rings (SSSR count). The van der Waals surface area contributed by atoms with Gasteiger partial charge in [-0.1, -0.05) is 18.3 Å². The molecule has 0 amide bonds. The zero-order chi connectivity index (χ0) is 18.4. The summed E-state index contributed by atoms with van der Waals surface area (Å²) in [6, 6.07) is 9.06. The molecule has 136 valence electrons. The monoisotopic (exact) mass is 363 g/mol. The van der Waals surface area contributed by atoms with E-state index in [-0.39, 0.29) is 12.1 Å². The van der Waals surface area contributed by atoms with Gasteiger partial charge in [-0.2, -0.15) is 5.10 Å². The molecule has 0 saturated heterocycles. The van der Waals surface area contributed by atoms with Crippen molar-refractivity contribution < 1.29 is 14.6 Å². The smallest absolute Gasteiger partial charge is 0.132 e. The first kappa shape index (κ1) is 19.4. The molecule has 0 saturated carbocycles. The third kappa shape index (κ3) is 5.81. The summed E-state index contributed by atoms with van der Waals surface area (Å²) in [5.41, 5.74) is 1.31. The molecule has 0 bridgehead atoms. The van der Waals surface area contributed by atoms with Gasteiger partial charge in [0, 0.05) is 12.1 Å². The molecule has 1 atom stereocenters. The fourth-order valence-corrected chi connectivity index (χ4v) is 2.32. The lowest BCUT2D eigenvalue weighted by molar-refractivity contribution is 0.100. The van der Waals surface area contributed by atoms with Crippen LogP contribution in [0.4, 0.5) is 0 Å². The maximum atomic E-state index is 10.1. The van der Waals surface area contributed by atoms with E-state index in [2.05, 4.69) is 15.5 Å². The molecule has 0 radical (unpaired) electrons. The zero-order valence-corrected chi connectivity index (χ0v) is 15.8. The van der Waals surface area contributed by atoms with Gasteiger partial charge < -0.3 is 19.9 Å². The number of nitrogens with one attached hydrogen (secondary N) is 2. The molecule has 0 aliphatic heterocycles. The fourth-order valence-electron chi connectivity index (χ4n) is 2.21. The Labute approximate surface area is 153 Å². The standard InChI is InChI=1S/C18H25N3O3S/c1-18(2,3)19-10-12(22)11-24-15-7-5-6-14(23-4)17(15)13-8-9-16(25)21-20-13/h5-9,12,19,22H,10-11H2,1-4H3,(H,21,25). The van der Waals surface area contributed by atoms with Crippen LogP contribution >= 0.6 is 12.2 Å². The van der Waals surface area contributed by atoms with E-state index >= 15 is 0 Å². The second kappa shape index (κ2) is 8.42. The summed E-state index contributed by atoms with van der Waals surface area (Å²) in [6.07, 6.45) is -0.632. The van der Waals surface area contributed by atoms with Crippen LogP contribution in [0, 0.1) is 4.64 Å². The SMILES string of the molecule is COc1cccc(OCC(O)CNC(C)(C)C)c1-c1ccc(=S)[nH]n1. The van der Waals surface area contributed by atoms with Crippen molar-refractivity contribution in [2.75, 3.05) is 20.3 Å². The molecule has 0 spiro atoms. The predicted molar refractivity (Wildman–Crippen MR) is 101 cm³/mol. The largest absolute Gasteiger partial charge is 0.496 e. The van der Waals surface area contributed by atoms with Crippen LogP contribution in [0.1, 0.15) is 20.8 Å². The molecule has 7 heteroatoms. The minimum absolute atomic E-state index is 0.0617. The maximum Gasteiger partial charge on any atom is 0.132 e. The molecule has 6 nitrogen and oxygen atoms in total. The van der Waals surface area contributed by atoms with Gasteiger partial charge in [0.1, 0.15) is 28.9 Å². The number of β-amino-alcohol motifs (C(OH)–C–C–N with tert-alkyl or cyclic N) is 1. The van der Waals surface area contributed by atoms with Crippen LogP contribution in [-0.4, -0.2) is 47.2 Å². The topological polar surface area (TPSA) is 79.4 Å². The van der Waals surface area contributed by atoms with Gasteiger partial charge in [0.05, 0.1) is 18.4 Å². The number of benzene rings is 1. The first-order valence-electron chi connectivity index (χ1n) is 8.09. The minimum Gasteiger partial charge on any atom is -0.496 e. The van der Waals surface area contributed by atoms with Crippen molar-refractivity contribution in [3.05, 3.63) is 35.0 Å². The van der Waals surface area contributed by atoms with Crippen LogP contribution in [0.2, 0.25) is 0 Å². The van der Waals surface area contributed by atoms with E-state index in [1.807, 2.05) is 39.0 Å². The summed E-state index contributed by atoms with van der Waals surface area (Å²) >= 11 is 5.04. The summed E-state index contributed by atoms with van der Waals surface area (Å²) in [6.45, 7) is 6.74. The quantitative estimate of drug-likeness (QED) is 0.657. The lowest BCUT2D eigenvalue weighted by Gasteiger charge is -2.23. The third-order valence-corrected chi connectivity index (χ3v) is 3.67. The van der Waals surface area contributed by atoms with E-state index in [0.29, 0.717) is 33.9 Å². The highest BCUT2D eigenvalue weighted by molar-refractivity contribution is 7.71. The molecular formula is C18H25N3O3S. The van der Waals surface area contributed by atoms with Gasteiger partial charge in [-0.05, 0) is 45.0 Å². The van der Waals surface area contributed by atoms with Gasteiger partial charge in [0.15, 0.2) is 0 Å². The van der Waals surface area contributed by atoms with Crippen LogP contribution in [-0.2, 0) is 0 Å².